The number of nitrogens with two attached hydrogens (primary N) is 1. The number of pyridine rings is 1. The minimum absolute atomic E-state index is 0.0234. The van der Waals surface area contributed by atoms with Crippen LogP contribution in [0.1, 0.15) is 29.3 Å². The van der Waals surface area contributed by atoms with Crippen LogP contribution < -0.4 is 16.5 Å². The van der Waals surface area contributed by atoms with Crippen molar-refractivity contribution in [2.75, 3.05) is 44.8 Å². The van der Waals surface area contributed by atoms with Gasteiger partial charge >= 0.3 is 5.97 Å². The molecular weight excluding hydrogens is 526 g/mol. The summed E-state index contributed by atoms with van der Waals surface area (Å²) in [6.07, 6.45) is 1.96. The number of halogens is 3. The van der Waals surface area contributed by atoms with Crippen molar-refractivity contribution < 1.29 is 23.4 Å². The number of nitrogens with zero attached hydrogens (tertiary/aromatic N) is 2. The predicted molar refractivity (Wildman–Crippen MR) is 135 cm³/mol. The fraction of sp³-hybridized carbons (Fsp3) is 0.333. The van der Waals surface area contributed by atoms with Crippen LogP contribution in [0, 0.1) is 11.6 Å². The number of benzene rings is 2. The first-order valence-corrected chi connectivity index (χ1v) is 11.7. The zero-order chi connectivity index (χ0) is 25.9. The second kappa shape index (κ2) is 11.1. The number of rotatable bonds is 9. The molecule has 0 aliphatic carbocycles. The fourth-order valence-corrected chi connectivity index (χ4v) is 4.43. The minimum atomic E-state index is -0.892. The summed E-state index contributed by atoms with van der Waals surface area (Å²) in [6.45, 7) is 2.29. The summed E-state index contributed by atoms with van der Waals surface area (Å²) in [5.74, 6) is -2.32. The first kappa shape index (κ1) is 26.6. The van der Waals surface area contributed by atoms with Crippen molar-refractivity contribution in [1.29, 1.82) is 0 Å². The van der Waals surface area contributed by atoms with Crippen molar-refractivity contribution in [1.82, 2.24) is 9.47 Å². The van der Waals surface area contributed by atoms with Gasteiger partial charge in [-0.2, -0.15) is 0 Å². The molecule has 0 unspecified atom stereocenters. The average molecular weight is 553 g/mol. The van der Waals surface area contributed by atoms with Crippen molar-refractivity contribution in [3.63, 3.8) is 0 Å². The number of fused-ring (bicyclic) bond motifs is 1. The maximum Gasteiger partial charge on any atom is 0.343 e. The third kappa shape index (κ3) is 5.47. The molecule has 8 nitrogen and oxygen atoms in total. The van der Waals surface area contributed by atoms with Crippen molar-refractivity contribution in [2.24, 2.45) is 0 Å². The maximum absolute atomic E-state index is 15.1. The standard InChI is InChI=1S/C24H27BrF2N4O4/c1-4-35-24(34)15-11-31(19-10-18(28)16(26)8-13(19)12-32)22-14(23(15)33)9-17(27)21(20(22)25)29-6-5-7-30(2)3/h8-11,29,32H,4-7,12,28H2,1-3H3. The molecule has 188 valence electrons. The molecule has 3 aromatic rings. The Kier molecular flexibility index (Phi) is 8.47. The molecule has 0 fully saturated rings. The number of anilines is 2. The lowest BCUT2D eigenvalue weighted by atomic mass is 10.1. The van der Waals surface area contributed by atoms with E-state index in [1.165, 1.54) is 16.8 Å². The second-order valence-electron chi connectivity index (χ2n) is 8.15. The van der Waals surface area contributed by atoms with Gasteiger partial charge in [0.2, 0.25) is 5.43 Å². The molecule has 0 amide bonds. The lowest BCUT2D eigenvalue weighted by molar-refractivity contribution is 0.0524. The Hall–Kier alpha value is -3.02. The Morgan fingerprint density at radius 3 is 2.60 bits per heavy atom. The highest BCUT2D eigenvalue weighted by Crippen LogP contribution is 2.36. The minimum Gasteiger partial charge on any atom is -0.462 e. The quantitative estimate of drug-likeness (QED) is 0.211. The van der Waals surface area contributed by atoms with Gasteiger partial charge in [0, 0.05) is 18.3 Å². The zero-order valence-electron chi connectivity index (χ0n) is 19.6. The SMILES string of the molecule is CCOC(=O)c1cn(-c2cc(N)c(F)cc2CO)c2c(Br)c(NCCCN(C)C)c(F)cc2c1=O. The molecule has 35 heavy (non-hydrogen) atoms. The van der Waals surface area contributed by atoms with Crippen LogP contribution in [-0.4, -0.2) is 54.3 Å². The highest BCUT2D eigenvalue weighted by atomic mass is 79.9. The number of aliphatic hydroxyl groups excluding tert-OH is 1. The third-order valence-electron chi connectivity index (χ3n) is 5.39. The molecule has 1 aromatic heterocycles. The Morgan fingerprint density at radius 1 is 1.26 bits per heavy atom. The summed E-state index contributed by atoms with van der Waals surface area (Å²) in [5, 5.41) is 12.8. The van der Waals surface area contributed by atoms with Gasteiger partial charge in [0.1, 0.15) is 17.2 Å². The van der Waals surface area contributed by atoms with Gasteiger partial charge in [-0.25, -0.2) is 13.6 Å². The number of hydrogen-bond acceptors (Lipinski definition) is 7. The molecule has 1 heterocycles. The maximum atomic E-state index is 15.1. The zero-order valence-corrected chi connectivity index (χ0v) is 21.2. The van der Waals surface area contributed by atoms with E-state index in [0.29, 0.717) is 6.54 Å². The molecule has 0 aliphatic heterocycles. The summed E-state index contributed by atoms with van der Waals surface area (Å²) in [5.41, 5.74) is 5.20. The first-order valence-electron chi connectivity index (χ1n) is 10.9. The molecular formula is C24H27BrF2N4O4. The smallest absolute Gasteiger partial charge is 0.343 e. The van der Waals surface area contributed by atoms with Gasteiger partial charge < -0.3 is 30.4 Å². The monoisotopic (exact) mass is 552 g/mol. The lowest BCUT2D eigenvalue weighted by Gasteiger charge is -2.20. The summed E-state index contributed by atoms with van der Waals surface area (Å²) in [7, 11) is 3.86. The van der Waals surface area contributed by atoms with Crippen LogP contribution in [0.4, 0.5) is 20.2 Å². The van der Waals surface area contributed by atoms with E-state index >= 15 is 4.39 Å². The van der Waals surface area contributed by atoms with Crippen LogP contribution in [-0.2, 0) is 11.3 Å². The van der Waals surface area contributed by atoms with Gasteiger partial charge in [-0.15, -0.1) is 0 Å². The predicted octanol–water partition coefficient (Wildman–Crippen LogP) is 3.65. The number of carbonyl (C=O) groups is 1. The Morgan fingerprint density at radius 2 is 1.97 bits per heavy atom. The summed E-state index contributed by atoms with van der Waals surface area (Å²) >= 11 is 3.41. The highest BCUT2D eigenvalue weighted by Gasteiger charge is 2.23. The Bertz CT molecular complexity index is 1330. The average Bonchev–Trinajstić information content (AvgIpc) is 2.80. The van der Waals surface area contributed by atoms with E-state index in [2.05, 4.69) is 21.2 Å². The molecule has 11 heteroatoms. The Labute approximate surface area is 209 Å². The molecule has 3 rings (SSSR count). The molecule has 0 spiro atoms. The molecule has 4 N–H and O–H groups in total. The summed E-state index contributed by atoms with van der Waals surface area (Å²) < 4.78 is 35.9. The van der Waals surface area contributed by atoms with E-state index in [-0.39, 0.29) is 50.2 Å². The van der Waals surface area contributed by atoms with E-state index in [1.807, 2.05) is 19.0 Å². The van der Waals surface area contributed by atoms with Crippen molar-refractivity contribution in [2.45, 2.75) is 20.0 Å². The number of esters is 1. The number of hydrogen-bond donors (Lipinski definition) is 3. The third-order valence-corrected chi connectivity index (χ3v) is 6.16. The normalized spacial score (nSPS) is 11.3. The van der Waals surface area contributed by atoms with E-state index in [1.54, 1.807) is 6.92 Å². The van der Waals surface area contributed by atoms with E-state index in [0.717, 1.165) is 25.1 Å². The van der Waals surface area contributed by atoms with Crippen LogP contribution in [0.15, 0.2) is 33.7 Å². The van der Waals surface area contributed by atoms with E-state index in [9.17, 15) is 19.1 Å². The van der Waals surface area contributed by atoms with Crippen LogP contribution in [0.5, 0.6) is 0 Å². The summed E-state index contributed by atoms with van der Waals surface area (Å²) in [6, 6.07) is 3.39. The van der Waals surface area contributed by atoms with Gasteiger partial charge in [-0.3, -0.25) is 4.79 Å². The summed E-state index contributed by atoms with van der Waals surface area (Å²) in [4.78, 5) is 27.7. The number of nitrogens with one attached hydrogen (secondary N) is 1. The molecule has 0 saturated carbocycles. The molecule has 0 radical (unpaired) electrons. The molecule has 0 atom stereocenters. The number of ether oxygens (including phenoxy) is 1. The van der Waals surface area contributed by atoms with Gasteiger partial charge in [0.05, 0.1) is 45.7 Å². The van der Waals surface area contributed by atoms with Gasteiger partial charge in [-0.1, -0.05) is 0 Å². The lowest BCUT2D eigenvalue weighted by Crippen LogP contribution is -2.22. The molecule has 0 aliphatic rings. The number of nitrogen functional groups attached to an aromatic ring is 1. The van der Waals surface area contributed by atoms with Crippen molar-refractivity contribution in [3.05, 3.63) is 61.9 Å². The fourth-order valence-electron chi connectivity index (χ4n) is 3.70. The number of aliphatic hydroxyl groups is 1. The van der Waals surface area contributed by atoms with Crippen molar-refractivity contribution in [3.8, 4) is 5.69 Å². The van der Waals surface area contributed by atoms with Gasteiger partial charge in [-0.05, 0) is 68.1 Å². The van der Waals surface area contributed by atoms with Gasteiger partial charge in [0.15, 0.2) is 0 Å². The van der Waals surface area contributed by atoms with Crippen molar-refractivity contribution >= 4 is 44.2 Å². The largest absolute Gasteiger partial charge is 0.462 e. The van der Waals surface area contributed by atoms with E-state index < -0.39 is 29.6 Å². The molecule has 0 bridgehead atoms. The number of aromatic nitrogens is 1. The Balaban J connectivity index is 2.34. The highest BCUT2D eigenvalue weighted by molar-refractivity contribution is 9.10. The van der Waals surface area contributed by atoms with Crippen LogP contribution in [0.3, 0.4) is 0 Å². The topological polar surface area (TPSA) is 110 Å². The van der Waals surface area contributed by atoms with Gasteiger partial charge in [0.25, 0.3) is 0 Å². The van der Waals surface area contributed by atoms with E-state index in [4.69, 9.17) is 10.5 Å². The second-order valence-corrected chi connectivity index (χ2v) is 8.94. The molecule has 2 aromatic carbocycles. The van der Waals surface area contributed by atoms with Crippen LogP contribution in [0.25, 0.3) is 16.6 Å². The molecule has 0 saturated heterocycles. The first-order chi connectivity index (χ1) is 16.6. The van der Waals surface area contributed by atoms with Crippen LogP contribution in [0.2, 0.25) is 0 Å². The van der Waals surface area contributed by atoms with Crippen LogP contribution >= 0.6 is 15.9 Å². The number of carbonyl (C=O) groups excluding carboxylic acids is 1.